The summed E-state index contributed by atoms with van der Waals surface area (Å²) in [6.45, 7) is 10.2. The van der Waals surface area contributed by atoms with Crippen LogP contribution in [0.5, 0.6) is 5.88 Å². The zero-order valence-corrected chi connectivity index (χ0v) is 55.3. The highest BCUT2D eigenvalue weighted by molar-refractivity contribution is 7.81. The molecule has 0 saturated carbocycles. The molecule has 0 radical (unpaired) electrons. The summed E-state index contributed by atoms with van der Waals surface area (Å²) in [6.07, 6.45) is -11.8. The van der Waals surface area contributed by atoms with Crippen LogP contribution in [-0.2, 0) is 53.7 Å². The van der Waals surface area contributed by atoms with E-state index in [0.717, 1.165) is 34.1 Å². The molecule has 6 heterocycles. The normalized spacial score (nSPS) is 18.8. The molecular weight excluding hydrogens is 1370 g/mol. The average molecular weight is 1420 g/mol. The predicted octanol–water partition coefficient (Wildman–Crippen LogP) is 12.5. The molecule has 4 aliphatic rings. The van der Waals surface area contributed by atoms with Gasteiger partial charge in [-0.1, -0.05) is 61.8 Å². The summed E-state index contributed by atoms with van der Waals surface area (Å²) >= 11 is 17.4. The second-order valence-electron chi connectivity index (χ2n) is 23.5. The lowest BCUT2D eigenvalue weighted by atomic mass is 10.0. The fourth-order valence-corrected chi connectivity index (χ4v) is 12.3. The number of nitriles is 2. The van der Waals surface area contributed by atoms with Crippen LogP contribution in [0.3, 0.4) is 0 Å². The number of alkyl halides is 6. The van der Waals surface area contributed by atoms with E-state index in [9.17, 15) is 55.9 Å². The Balaban J connectivity index is 0.000000183. The van der Waals surface area contributed by atoms with E-state index in [-0.39, 0.29) is 98.1 Å². The summed E-state index contributed by atoms with van der Waals surface area (Å²) in [6, 6.07) is 31.0. The van der Waals surface area contributed by atoms with Crippen molar-refractivity contribution in [2.24, 2.45) is 0 Å². The number of aliphatic hydroxyl groups is 1. The van der Waals surface area contributed by atoms with E-state index >= 15 is 8.78 Å². The van der Waals surface area contributed by atoms with Crippen LogP contribution in [0.25, 0.3) is 21.8 Å². The number of aliphatic hydroxyl groups excluding tert-OH is 1. The van der Waals surface area contributed by atoms with E-state index in [1.54, 1.807) is 68.4 Å². The number of benzene rings is 6. The summed E-state index contributed by atoms with van der Waals surface area (Å²) in [5.74, 6) is -3.26. The van der Waals surface area contributed by atoms with E-state index in [1.165, 1.54) is 73.9 Å². The Hall–Kier alpha value is -9.95. The van der Waals surface area contributed by atoms with Crippen molar-refractivity contribution in [1.29, 1.82) is 10.5 Å². The molecule has 0 spiro atoms. The highest BCUT2D eigenvalue weighted by atomic mass is 35.5. The Kier molecular flexibility index (Phi) is 20.7. The number of anilines is 4. The SMILES string of the molecule is CCc1nc(Cl)c2cc(N3C(=S)N(c4ccc(C#N)c(C(F)(F)F)c4)C(=O)C3(C)C)cc(F)c2n1.CCc1nc(O[C@@H]2COCC2OC(=O)c2ccccc2)c2cc(N3C(=S)N(c4ccc(C#N)c(C(F)(F)F)c4)C(=O)C3(C)C)cc(F)c2n1.O=C(OC1COC[C@H]1O)c1ccccc1. The van der Waals surface area contributed by atoms with Crippen molar-refractivity contribution in [3.05, 3.63) is 183 Å². The van der Waals surface area contributed by atoms with Crippen LogP contribution in [0, 0.1) is 34.3 Å². The highest BCUT2D eigenvalue weighted by Gasteiger charge is 2.53. The van der Waals surface area contributed by atoms with Crippen molar-refractivity contribution in [3.8, 4) is 18.0 Å². The van der Waals surface area contributed by atoms with Crippen LogP contribution in [0.1, 0.15) is 96.2 Å². The lowest BCUT2D eigenvalue weighted by molar-refractivity contribution is -0.138. The second kappa shape index (κ2) is 28.5. The maximum atomic E-state index is 15.9. The molecule has 2 aromatic heterocycles. The molecule has 0 bridgehead atoms. The first-order valence-corrected chi connectivity index (χ1v) is 31.3. The Bertz CT molecular complexity index is 4640. The summed E-state index contributed by atoms with van der Waals surface area (Å²) in [5.41, 5.74) is -5.94. The van der Waals surface area contributed by atoms with Gasteiger partial charge in [0.05, 0.1) is 88.7 Å². The number of carbonyl (C=O) groups excluding carboxylic acids is 4. The minimum absolute atomic E-state index is 0.00128. The van der Waals surface area contributed by atoms with Gasteiger partial charge in [0, 0.05) is 29.6 Å². The molecule has 4 fully saturated rings. The van der Waals surface area contributed by atoms with Crippen LogP contribution in [0.4, 0.5) is 57.9 Å². The molecule has 0 aliphatic carbocycles. The van der Waals surface area contributed by atoms with Crippen molar-refractivity contribution < 1.29 is 83.1 Å². The van der Waals surface area contributed by atoms with E-state index in [4.69, 9.17) is 65.0 Å². The molecule has 99 heavy (non-hydrogen) atoms. The molecule has 6 aromatic carbocycles. The van der Waals surface area contributed by atoms with E-state index < -0.39 is 105 Å². The van der Waals surface area contributed by atoms with Crippen LogP contribution < -0.4 is 24.3 Å². The molecule has 2 amide bonds. The molecule has 31 heteroatoms. The topological polar surface area (TPSA) is 247 Å². The largest absolute Gasteiger partial charge is 0.467 e. The Morgan fingerprint density at radius 2 is 1.01 bits per heavy atom. The number of halogens is 9. The Labute approximate surface area is 574 Å². The summed E-state index contributed by atoms with van der Waals surface area (Å²) in [5, 5.41) is 27.6. The average Bonchev–Trinajstić information content (AvgIpc) is 1.60. The predicted molar refractivity (Wildman–Crippen MR) is 352 cm³/mol. The van der Waals surface area contributed by atoms with Gasteiger partial charge in [-0.15, -0.1) is 0 Å². The fourth-order valence-electron chi connectivity index (χ4n) is 11.0. The molecule has 8 aromatic rings. The number of carbonyl (C=O) groups is 4. The quantitative estimate of drug-likeness (QED) is 0.0517. The molecule has 4 saturated heterocycles. The number of esters is 2. The third-order valence-corrected chi connectivity index (χ3v) is 17.1. The van der Waals surface area contributed by atoms with Crippen LogP contribution in [0.15, 0.2) is 121 Å². The number of hydrogen-bond acceptors (Lipinski definition) is 18. The Morgan fingerprint density at radius 3 is 1.44 bits per heavy atom. The first-order chi connectivity index (χ1) is 46.8. The van der Waals surface area contributed by atoms with Crippen LogP contribution in [0.2, 0.25) is 5.15 Å². The van der Waals surface area contributed by atoms with Gasteiger partial charge in [-0.25, -0.2) is 33.3 Å². The molecule has 4 aliphatic heterocycles. The van der Waals surface area contributed by atoms with E-state index in [1.807, 2.05) is 6.07 Å². The zero-order chi connectivity index (χ0) is 71.8. The monoisotopic (exact) mass is 1420 g/mol. The van der Waals surface area contributed by atoms with Gasteiger partial charge in [-0.05, 0) is 137 Å². The lowest BCUT2D eigenvalue weighted by Gasteiger charge is -2.30. The minimum atomic E-state index is -4.88. The number of thiocarbonyl (C=S) groups is 2. The molecule has 12 rings (SSSR count). The molecule has 20 nitrogen and oxygen atoms in total. The van der Waals surface area contributed by atoms with Crippen molar-refractivity contribution in [2.45, 2.75) is 102 Å². The molecule has 512 valence electrons. The van der Waals surface area contributed by atoms with Crippen molar-refractivity contribution in [1.82, 2.24) is 19.9 Å². The summed E-state index contributed by atoms with van der Waals surface area (Å²) in [4.78, 5) is 73.1. The number of rotatable bonds is 12. The van der Waals surface area contributed by atoms with Gasteiger partial charge >= 0.3 is 24.3 Å². The molecule has 1 N–H and O–H groups in total. The van der Waals surface area contributed by atoms with Crippen molar-refractivity contribution in [3.63, 3.8) is 0 Å². The number of fused-ring (bicyclic) bond motifs is 2. The van der Waals surface area contributed by atoms with Crippen LogP contribution in [-0.4, -0.2) is 121 Å². The van der Waals surface area contributed by atoms with Gasteiger partial charge in [0.25, 0.3) is 11.8 Å². The molecular formula is C68H55ClF8N10O10S2. The zero-order valence-electron chi connectivity index (χ0n) is 52.9. The van der Waals surface area contributed by atoms with E-state index in [0.29, 0.717) is 41.9 Å². The number of amides is 2. The maximum Gasteiger partial charge on any atom is 0.417 e. The number of ether oxygens (including phenoxy) is 5. The molecule has 4 atom stereocenters. The van der Waals surface area contributed by atoms with Gasteiger partial charge in [-0.2, -0.15) is 41.9 Å². The third kappa shape index (κ3) is 14.5. The minimum Gasteiger partial charge on any atom is -0.467 e. The van der Waals surface area contributed by atoms with Gasteiger partial charge in [0.15, 0.2) is 40.2 Å². The van der Waals surface area contributed by atoms with Crippen molar-refractivity contribution in [2.75, 3.05) is 46.0 Å². The highest BCUT2D eigenvalue weighted by Crippen LogP contribution is 2.44. The van der Waals surface area contributed by atoms with Gasteiger partial charge in [0.1, 0.15) is 45.0 Å². The number of aromatic nitrogens is 4. The second-order valence-corrected chi connectivity index (χ2v) is 24.6. The van der Waals surface area contributed by atoms with Gasteiger partial charge in [0.2, 0.25) is 5.88 Å². The molecule has 2 unspecified atom stereocenters. The fraction of sp³-hybridized carbons (Fsp3) is 0.294. The van der Waals surface area contributed by atoms with E-state index in [2.05, 4.69) is 19.9 Å². The third-order valence-electron chi connectivity index (χ3n) is 16.1. The van der Waals surface area contributed by atoms with Crippen LogP contribution >= 0.6 is 36.0 Å². The standard InChI is InChI=1S/C34H27F4N5O5S.C23H16ClF4N5OS.C11H12O4/c1-4-27-40-28-22(29(41-27)47-25-16-46-17-26(25)48-30(44)18-8-6-5-7-9-18)12-21(14-24(28)35)43-32(49)42(31(45)33(43,2)3)20-11-10-19(15-39)23(13-20)34(36,37)38;1-4-17-30-18-14(19(24)31-17)7-13(9-16(18)25)33-21(35)32(20(34)22(33,2)3)12-6-5-11(10-29)15(8-12)23(26,27)28;12-9-6-14-7-10(9)15-11(13)8-4-2-1-3-5-8/h5-14,25-26H,4,16-17H2,1-3H3;5-9H,4H2,1-3H3;1-5,9-10,12H,6-7H2/t25-,26?;;9-,10?/m1.1/s1. The Morgan fingerprint density at radius 1 is 0.596 bits per heavy atom. The lowest BCUT2D eigenvalue weighted by Crippen LogP contribution is -2.44. The number of aryl methyl sites for hydroxylation is 2. The summed E-state index contributed by atoms with van der Waals surface area (Å²) in [7, 11) is 0. The number of hydrogen-bond donors (Lipinski definition) is 1. The smallest absolute Gasteiger partial charge is 0.417 e. The van der Waals surface area contributed by atoms with Gasteiger partial charge < -0.3 is 38.6 Å². The maximum absolute atomic E-state index is 15.9. The first-order valence-electron chi connectivity index (χ1n) is 30.1. The van der Waals surface area contributed by atoms with Gasteiger partial charge in [-0.3, -0.25) is 19.4 Å². The first kappa shape index (κ1) is 71.8. The number of nitrogens with zero attached hydrogens (tertiary/aromatic N) is 10. The van der Waals surface area contributed by atoms with Crippen molar-refractivity contribution >= 4 is 115 Å². The summed E-state index contributed by atoms with van der Waals surface area (Å²) < 4.78 is 140.